The molecule has 2 aliphatic heterocycles. The van der Waals surface area contributed by atoms with Crippen molar-refractivity contribution in [3.63, 3.8) is 0 Å². The van der Waals surface area contributed by atoms with E-state index in [9.17, 15) is 4.79 Å². The lowest BCUT2D eigenvalue weighted by molar-refractivity contribution is -0.127. The lowest BCUT2D eigenvalue weighted by Crippen LogP contribution is -2.34. The predicted molar refractivity (Wildman–Crippen MR) is 59.3 cm³/mol. The van der Waals surface area contributed by atoms with Crippen LogP contribution in [-0.2, 0) is 4.79 Å². The third-order valence-corrected chi connectivity index (χ3v) is 4.32. The molecule has 2 fully saturated rings. The van der Waals surface area contributed by atoms with Gasteiger partial charge in [-0.05, 0) is 18.6 Å². The van der Waals surface area contributed by atoms with Crippen molar-refractivity contribution >= 4 is 17.7 Å². The summed E-state index contributed by atoms with van der Waals surface area (Å²) in [7, 11) is 0. The van der Waals surface area contributed by atoms with E-state index < -0.39 is 0 Å². The van der Waals surface area contributed by atoms with E-state index in [1.165, 1.54) is 25.0 Å². The molecule has 0 bridgehead atoms. The summed E-state index contributed by atoms with van der Waals surface area (Å²) < 4.78 is 0. The molecule has 0 saturated carbocycles. The number of rotatable bonds is 2. The second-order valence-corrected chi connectivity index (χ2v) is 5.66. The van der Waals surface area contributed by atoms with Gasteiger partial charge in [0, 0.05) is 30.8 Å². The highest BCUT2D eigenvalue weighted by Gasteiger charge is 2.29. The van der Waals surface area contributed by atoms with E-state index in [1.54, 1.807) is 0 Å². The summed E-state index contributed by atoms with van der Waals surface area (Å²) >= 11 is 2.02. The first-order valence-electron chi connectivity index (χ1n) is 5.40. The molecule has 0 aromatic rings. The minimum absolute atomic E-state index is 0.0797. The van der Waals surface area contributed by atoms with Crippen molar-refractivity contribution in [1.82, 2.24) is 4.90 Å². The maximum absolute atomic E-state index is 11.5. The third kappa shape index (κ3) is 2.42. The van der Waals surface area contributed by atoms with Crippen molar-refractivity contribution in [3.05, 3.63) is 0 Å². The molecular weight excluding hydrogens is 196 g/mol. The van der Waals surface area contributed by atoms with Crippen molar-refractivity contribution in [3.8, 4) is 0 Å². The summed E-state index contributed by atoms with van der Waals surface area (Å²) in [5.41, 5.74) is 5.75. The summed E-state index contributed by atoms with van der Waals surface area (Å²) in [5, 5.41) is 0.665. The Morgan fingerprint density at radius 2 is 2.36 bits per heavy atom. The van der Waals surface area contributed by atoms with Crippen LogP contribution in [0.3, 0.4) is 0 Å². The highest BCUT2D eigenvalue weighted by atomic mass is 32.2. The van der Waals surface area contributed by atoms with Crippen LogP contribution in [-0.4, -0.2) is 40.9 Å². The van der Waals surface area contributed by atoms with Crippen molar-refractivity contribution in [2.45, 2.75) is 37.0 Å². The molecule has 3 nitrogen and oxygen atoms in total. The van der Waals surface area contributed by atoms with Gasteiger partial charge in [-0.3, -0.25) is 4.79 Å². The zero-order valence-electron chi connectivity index (χ0n) is 8.45. The lowest BCUT2D eigenvalue weighted by atomic mass is 10.2. The van der Waals surface area contributed by atoms with Gasteiger partial charge in [-0.1, -0.05) is 6.42 Å². The SMILES string of the molecule is NC1CC(=O)N(CC2CCCCS2)C1. The number of hydrogen-bond acceptors (Lipinski definition) is 3. The number of carbonyl (C=O) groups excluding carboxylic acids is 1. The highest BCUT2D eigenvalue weighted by molar-refractivity contribution is 7.99. The molecule has 2 saturated heterocycles. The summed E-state index contributed by atoms with van der Waals surface area (Å²) in [4.78, 5) is 13.4. The quantitative estimate of drug-likeness (QED) is 0.740. The van der Waals surface area contributed by atoms with Gasteiger partial charge in [-0.25, -0.2) is 0 Å². The maximum atomic E-state index is 11.5. The fourth-order valence-electron chi connectivity index (χ4n) is 2.18. The Morgan fingerprint density at radius 3 is 2.93 bits per heavy atom. The fraction of sp³-hybridized carbons (Fsp3) is 0.900. The van der Waals surface area contributed by atoms with E-state index in [0.717, 1.165) is 13.1 Å². The van der Waals surface area contributed by atoms with Gasteiger partial charge in [-0.15, -0.1) is 0 Å². The first-order chi connectivity index (χ1) is 6.75. The van der Waals surface area contributed by atoms with E-state index in [4.69, 9.17) is 5.73 Å². The number of amides is 1. The molecule has 0 aromatic heterocycles. The molecule has 2 unspecified atom stereocenters. The number of thioether (sulfide) groups is 1. The van der Waals surface area contributed by atoms with Crippen LogP contribution < -0.4 is 5.73 Å². The average Bonchev–Trinajstić information content (AvgIpc) is 2.47. The fourth-order valence-corrected chi connectivity index (χ4v) is 3.50. The number of likely N-dealkylation sites (tertiary alicyclic amines) is 1. The van der Waals surface area contributed by atoms with Crippen LogP contribution in [0.2, 0.25) is 0 Å². The van der Waals surface area contributed by atoms with E-state index in [0.29, 0.717) is 11.7 Å². The monoisotopic (exact) mass is 214 g/mol. The largest absolute Gasteiger partial charge is 0.340 e. The predicted octanol–water partition coefficient (Wildman–Crippen LogP) is 0.832. The molecular formula is C10H18N2OS. The van der Waals surface area contributed by atoms with Crippen molar-refractivity contribution < 1.29 is 4.79 Å². The molecule has 14 heavy (non-hydrogen) atoms. The molecule has 0 aromatic carbocycles. The topological polar surface area (TPSA) is 46.3 Å². The molecule has 2 atom stereocenters. The molecule has 0 radical (unpaired) electrons. The molecule has 0 spiro atoms. The molecule has 2 heterocycles. The smallest absolute Gasteiger partial charge is 0.224 e. The van der Waals surface area contributed by atoms with Gasteiger partial charge in [0.05, 0.1) is 0 Å². The van der Waals surface area contributed by atoms with Gasteiger partial charge in [0.1, 0.15) is 0 Å². The van der Waals surface area contributed by atoms with Crippen LogP contribution in [0.15, 0.2) is 0 Å². The Balaban J connectivity index is 1.81. The average molecular weight is 214 g/mol. The van der Waals surface area contributed by atoms with Crippen molar-refractivity contribution in [2.24, 2.45) is 5.73 Å². The van der Waals surface area contributed by atoms with E-state index in [-0.39, 0.29) is 11.9 Å². The van der Waals surface area contributed by atoms with Gasteiger partial charge in [-0.2, -0.15) is 11.8 Å². The van der Waals surface area contributed by atoms with Crippen molar-refractivity contribution in [2.75, 3.05) is 18.8 Å². The molecule has 2 aliphatic rings. The highest BCUT2D eigenvalue weighted by Crippen LogP contribution is 2.26. The van der Waals surface area contributed by atoms with E-state index >= 15 is 0 Å². The van der Waals surface area contributed by atoms with Crippen LogP contribution in [0.25, 0.3) is 0 Å². The normalized spacial score (nSPS) is 33.8. The van der Waals surface area contributed by atoms with Crippen LogP contribution in [0.1, 0.15) is 25.7 Å². The number of nitrogens with two attached hydrogens (primary N) is 1. The minimum Gasteiger partial charge on any atom is -0.340 e. The van der Waals surface area contributed by atoms with E-state index in [2.05, 4.69) is 0 Å². The Kier molecular flexibility index (Phi) is 3.34. The zero-order valence-corrected chi connectivity index (χ0v) is 9.26. The first-order valence-corrected chi connectivity index (χ1v) is 6.45. The molecule has 1 amide bonds. The summed E-state index contributed by atoms with van der Waals surface area (Å²) in [6, 6.07) is 0.0797. The number of hydrogen-bond donors (Lipinski definition) is 1. The molecule has 2 N–H and O–H groups in total. The molecule has 4 heteroatoms. The third-order valence-electron chi connectivity index (χ3n) is 2.94. The van der Waals surface area contributed by atoms with Gasteiger partial charge in [0.15, 0.2) is 0 Å². The minimum atomic E-state index is 0.0797. The van der Waals surface area contributed by atoms with Crippen LogP contribution in [0.4, 0.5) is 0 Å². The van der Waals surface area contributed by atoms with Crippen LogP contribution >= 0.6 is 11.8 Å². The molecule has 80 valence electrons. The van der Waals surface area contributed by atoms with Gasteiger partial charge in [0.25, 0.3) is 0 Å². The molecule has 2 rings (SSSR count). The number of carbonyl (C=O) groups is 1. The maximum Gasteiger partial charge on any atom is 0.224 e. The second-order valence-electron chi connectivity index (χ2n) is 4.25. The zero-order chi connectivity index (χ0) is 9.97. The summed E-state index contributed by atoms with van der Waals surface area (Å²) in [6.45, 7) is 1.70. The van der Waals surface area contributed by atoms with Gasteiger partial charge < -0.3 is 10.6 Å². The van der Waals surface area contributed by atoms with Crippen molar-refractivity contribution in [1.29, 1.82) is 0 Å². The standard InChI is InChI=1S/C10H18N2OS/c11-8-5-10(13)12(6-8)7-9-3-1-2-4-14-9/h8-9H,1-7,11H2. The Morgan fingerprint density at radius 1 is 1.50 bits per heavy atom. The van der Waals surface area contributed by atoms with Crippen LogP contribution in [0, 0.1) is 0 Å². The first kappa shape index (κ1) is 10.3. The number of nitrogens with zero attached hydrogens (tertiary/aromatic N) is 1. The lowest BCUT2D eigenvalue weighted by Gasteiger charge is -2.26. The summed E-state index contributed by atoms with van der Waals surface area (Å²) in [5.74, 6) is 1.52. The van der Waals surface area contributed by atoms with E-state index in [1.807, 2.05) is 16.7 Å². The second kappa shape index (κ2) is 4.53. The molecule has 0 aliphatic carbocycles. The van der Waals surface area contributed by atoms with Gasteiger partial charge in [0.2, 0.25) is 5.91 Å². The van der Waals surface area contributed by atoms with Gasteiger partial charge >= 0.3 is 0 Å². The van der Waals surface area contributed by atoms with Crippen LogP contribution in [0.5, 0.6) is 0 Å². The summed E-state index contributed by atoms with van der Waals surface area (Å²) in [6.07, 6.45) is 4.49. The Labute approximate surface area is 89.4 Å². The Hall–Kier alpha value is -0.220. The Bertz CT molecular complexity index is 216.